The van der Waals surface area contributed by atoms with E-state index >= 15 is 0 Å². The summed E-state index contributed by atoms with van der Waals surface area (Å²) < 4.78 is 0. The van der Waals surface area contributed by atoms with Crippen LogP contribution >= 0.6 is 11.8 Å². The number of aliphatic carboxylic acids is 1. The number of fused-ring (bicyclic) bond motifs is 1. The second-order valence-corrected chi connectivity index (χ2v) is 18.2. The molecule has 23 nitrogen and oxygen atoms in total. The smallest absolute Gasteiger partial charge is 0.305 e. The van der Waals surface area contributed by atoms with Gasteiger partial charge in [-0.1, -0.05) is 62.4 Å². The fourth-order valence-electron chi connectivity index (χ4n) is 7.51. The Balaban J connectivity index is 1.62. The summed E-state index contributed by atoms with van der Waals surface area (Å²) in [7, 11) is 0. The van der Waals surface area contributed by atoms with Gasteiger partial charge < -0.3 is 63.8 Å². The maximum Gasteiger partial charge on any atom is 0.305 e. The van der Waals surface area contributed by atoms with E-state index in [1.165, 1.54) is 24.3 Å². The highest BCUT2D eigenvalue weighted by Gasteiger charge is 2.35. The van der Waals surface area contributed by atoms with Crippen molar-refractivity contribution in [1.82, 2.24) is 52.2 Å². The van der Waals surface area contributed by atoms with Gasteiger partial charge in [-0.05, 0) is 48.0 Å². The van der Waals surface area contributed by atoms with E-state index in [9.17, 15) is 53.1 Å². The summed E-state index contributed by atoms with van der Waals surface area (Å²) >= 11 is 1.43. The molecule has 0 spiro atoms. The Kier molecular flexibility index (Phi) is 21.6. The van der Waals surface area contributed by atoms with Crippen molar-refractivity contribution in [3.8, 4) is 0 Å². The number of carboxylic acids is 1. The molecule has 0 bridgehead atoms. The van der Waals surface area contributed by atoms with E-state index in [-0.39, 0.29) is 38.0 Å². The summed E-state index contributed by atoms with van der Waals surface area (Å²) in [5.41, 5.74) is 13.5. The summed E-state index contributed by atoms with van der Waals surface area (Å²) in [5, 5.41) is 28.0. The third-order valence-electron chi connectivity index (χ3n) is 11.0. The average Bonchev–Trinajstić information content (AvgIpc) is 3.98. The van der Waals surface area contributed by atoms with Gasteiger partial charge in [0, 0.05) is 55.2 Å². The lowest BCUT2D eigenvalue weighted by molar-refractivity contribution is -0.141. The van der Waals surface area contributed by atoms with Crippen molar-refractivity contribution in [1.29, 1.82) is 0 Å². The number of imidazole rings is 1. The Morgan fingerprint density at radius 3 is 1.70 bits per heavy atom. The SMILES string of the molecule is CSCC[C@H](NC(=O)[C@H](Cc1c[nH]c2ccccc12)NC(=O)[C@H](CC(N)=O)NC(=O)[C@H](CC(C)C)NC(=O)[C@H](Cc1ccccc1)NC(=O)[C@H](Cc1cnc[nH]1)NC(=O)[C@H](CC(=O)O)NC(C)=O)C(N)=O. The summed E-state index contributed by atoms with van der Waals surface area (Å²) in [6.07, 6.45) is 4.39. The van der Waals surface area contributed by atoms with Gasteiger partial charge >= 0.3 is 5.97 Å². The minimum atomic E-state index is -1.68. The second kappa shape index (κ2) is 27.4. The van der Waals surface area contributed by atoms with Crippen LogP contribution in [0, 0.1) is 5.92 Å². The Bertz CT molecular complexity index is 2490. The quantitative estimate of drug-likeness (QED) is 0.0310. The number of benzene rings is 2. The Hall–Kier alpha value is -7.76. The molecule has 0 aliphatic carbocycles. The summed E-state index contributed by atoms with van der Waals surface area (Å²) in [4.78, 5) is 142. The number of aromatic amines is 2. The fraction of sp³-hybridized carbons (Fsp3) is 0.426. The second-order valence-electron chi connectivity index (χ2n) is 17.2. The van der Waals surface area contributed by atoms with Gasteiger partial charge in [0.2, 0.25) is 53.2 Å². The molecule has 0 aliphatic heterocycles. The molecule has 4 aromatic rings. The number of carbonyl (C=O) groups is 10. The van der Waals surface area contributed by atoms with E-state index in [1.54, 1.807) is 56.4 Å². The summed E-state index contributed by atoms with van der Waals surface area (Å²) in [6.45, 7) is 4.61. The number of aromatic nitrogens is 3. The number of H-pyrrole nitrogens is 2. The molecule has 2 aromatic carbocycles. The van der Waals surface area contributed by atoms with Crippen LogP contribution in [0.1, 0.15) is 63.3 Å². The monoisotopic (exact) mass is 1000 g/mol. The molecular formula is C47H62N12O11S. The van der Waals surface area contributed by atoms with E-state index in [2.05, 4.69) is 52.2 Å². The van der Waals surface area contributed by atoms with Gasteiger partial charge in [-0.25, -0.2) is 4.98 Å². The standard InChI is InChI=1S/C47H62N12O11S/c1-25(2)16-33(42(65)59-37(20-39(48)61)46(69)57-35(44(67)54-32(41(49)64)14-15-71-4)18-28-22-51-31-13-9-8-12-30(28)31)55-43(66)34(17-27-10-6-5-7-11-27)56-45(68)36(19-29-23-50-24-52-29)58-47(70)38(21-40(62)63)53-26(3)60/h5-13,22-25,32-38,51H,14-21H2,1-4H3,(H2,48,61)(H2,49,64)(H,50,52)(H,53,60)(H,54,67)(H,55,66)(H,56,68)(H,57,69)(H,58,70)(H,59,65)(H,62,63)/t32-,33-,34-,35-,36-,37-,38-/m0/s1. The minimum absolute atomic E-state index is 0.0166. The zero-order valence-corrected chi connectivity index (χ0v) is 40.6. The number of nitrogens with one attached hydrogen (secondary N) is 9. The van der Waals surface area contributed by atoms with Crippen molar-refractivity contribution in [2.45, 2.75) is 108 Å². The molecule has 14 N–H and O–H groups in total. The first-order valence-corrected chi connectivity index (χ1v) is 24.1. The van der Waals surface area contributed by atoms with Gasteiger partial charge in [-0.3, -0.25) is 47.9 Å². The molecule has 24 heteroatoms. The molecule has 0 aliphatic rings. The van der Waals surface area contributed by atoms with Crippen LogP contribution in [0.25, 0.3) is 10.9 Å². The van der Waals surface area contributed by atoms with Crippen LogP contribution in [-0.4, -0.2) is 133 Å². The maximum absolute atomic E-state index is 14.4. The number of carboxylic acid groups (broad SMARTS) is 1. The lowest BCUT2D eigenvalue weighted by Gasteiger charge is -2.28. The van der Waals surface area contributed by atoms with E-state index < -0.39 is 114 Å². The summed E-state index contributed by atoms with van der Waals surface area (Å²) in [6, 6.07) is 5.78. The lowest BCUT2D eigenvalue weighted by Crippen LogP contribution is -2.61. The summed E-state index contributed by atoms with van der Waals surface area (Å²) in [5.74, 6) is -9.12. The van der Waals surface area contributed by atoms with E-state index in [0.717, 1.165) is 17.8 Å². The van der Waals surface area contributed by atoms with Crippen LogP contribution in [0.15, 0.2) is 73.3 Å². The van der Waals surface area contributed by atoms with Gasteiger partial charge in [-0.2, -0.15) is 11.8 Å². The first kappa shape index (κ1) is 55.8. The third kappa shape index (κ3) is 18.3. The number of hydrogen-bond acceptors (Lipinski definition) is 12. The molecule has 2 aromatic heterocycles. The number of primary amides is 2. The molecule has 9 amide bonds. The van der Waals surface area contributed by atoms with Crippen molar-refractivity contribution in [2.24, 2.45) is 17.4 Å². The largest absolute Gasteiger partial charge is 0.481 e. The van der Waals surface area contributed by atoms with Gasteiger partial charge in [0.1, 0.15) is 42.3 Å². The first-order valence-electron chi connectivity index (χ1n) is 22.7. The van der Waals surface area contributed by atoms with Crippen molar-refractivity contribution in [3.05, 3.63) is 90.1 Å². The van der Waals surface area contributed by atoms with Crippen molar-refractivity contribution >= 4 is 81.8 Å². The number of carbonyl (C=O) groups excluding carboxylic acids is 9. The lowest BCUT2D eigenvalue weighted by atomic mass is 9.99. The number of amides is 9. The molecule has 0 fully saturated rings. The van der Waals surface area contributed by atoms with Crippen LogP contribution < -0.4 is 48.7 Å². The van der Waals surface area contributed by atoms with Crippen molar-refractivity contribution < 1.29 is 53.1 Å². The zero-order valence-electron chi connectivity index (χ0n) is 39.7. The molecule has 382 valence electrons. The number of rotatable bonds is 29. The van der Waals surface area contributed by atoms with Gasteiger partial charge in [-0.15, -0.1) is 0 Å². The molecule has 7 atom stereocenters. The minimum Gasteiger partial charge on any atom is -0.481 e. The number of nitrogens with two attached hydrogens (primary N) is 2. The first-order chi connectivity index (χ1) is 33.7. The molecule has 2 heterocycles. The molecular weight excluding hydrogens is 941 g/mol. The topological polar surface area (TPSA) is 372 Å². The molecule has 0 unspecified atom stereocenters. The average molecular weight is 1000 g/mol. The molecule has 0 saturated carbocycles. The van der Waals surface area contributed by atoms with Crippen molar-refractivity contribution in [2.75, 3.05) is 12.0 Å². The third-order valence-corrected chi connectivity index (χ3v) is 11.6. The molecule has 0 radical (unpaired) electrons. The number of thioether (sulfide) groups is 1. The van der Waals surface area contributed by atoms with Crippen LogP contribution in [0.2, 0.25) is 0 Å². The number of hydrogen-bond donors (Lipinski definition) is 12. The van der Waals surface area contributed by atoms with Crippen LogP contribution in [0.3, 0.4) is 0 Å². The zero-order chi connectivity index (χ0) is 52.2. The highest BCUT2D eigenvalue weighted by molar-refractivity contribution is 7.98. The predicted octanol–water partition coefficient (Wildman–Crippen LogP) is -1.03. The normalized spacial score (nSPS) is 14.0. The Morgan fingerprint density at radius 1 is 0.634 bits per heavy atom. The van der Waals surface area contributed by atoms with Gasteiger partial charge in [0.15, 0.2) is 0 Å². The Labute approximate surface area is 413 Å². The van der Waals surface area contributed by atoms with E-state index in [4.69, 9.17) is 11.5 Å². The van der Waals surface area contributed by atoms with Crippen LogP contribution in [-0.2, 0) is 67.2 Å². The number of nitrogens with zero attached hydrogens (tertiary/aromatic N) is 1. The molecule has 0 saturated heterocycles. The van der Waals surface area contributed by atoms with Gasteiger partial charge in [0.25, 0.3) is 0 Å². The van der Waals surface area contributed by atoms with E-state index in [1.807, 2.05) is 24.5 Å². The van der Waals surface area contributed by atoms with Crippen LogP contribution in [0.5, 0.6) is 0 Å². The van der Waals surface area contributed by atoms with Gasteiger partial charge in [0.05, 0.1) is 19.2 Å². The van der Waals surface area contributed by atoms with Crippen molar-refractivity contribution in [3.63, 3.8) is 0 Å². The maximum atomic E-state index is 14.4. The number of para-hydroxylation sites is 1. The highest BCUT2D eigenvalue weighted by Crippen LogP contribution is 2.20. The van der Waals surface area contributed by atoms with E-state index in [0.29, 0.717) is 22.6 Å². The predicted molar refractivity (Wildman–Crippen MR) is 261 cm³/mol. The highest BCUT2D eigenvalue weighted by atomic mass is 32.2. The molecule has 71 heavy (non-hydrogen) atoms. The fourth-order valence-corrected chi connectivity index (χ4v) is 7.98. The van der Waals surface area contributed by atoms with Crippen LogP contribution in [0.4, 0.5) is 0 Å². The molecule has 4 rings (SSSR count). The Morgan fingerprint density at radius 2 is 1.15 bits per heavy atom.